The highest BCUT2D eigenvalue weighted by molar-refractivity contribution is 7.16. The lowest BCUT2D eigenvalue weighted by Gasteiger charge is -2.43. The average molecular weight is 1090 g/mol. The summed E-state index contributed by atoms with van der Waals surface area (Å²) in [5.41, 5.74) is 9.75. The molecule has 0 unspecified atom stereocenters. The Morgan fingerprint density at radius 2 is 1.99 bits per heavy atom. The van der Waals surface area contributed by atoms with Gasteiger partial charge in [0.15, 0.2) is 0 Å². The van der Waals surface area contributed by atoms with Crippen LogP contribution in [0.15, 0.2) is 40.6 Å². The van der Waals surface area contributed by atoms with Crippen LogP contribution in [0.3, 0.4) is 0 Å². The van der Waals surface area contributed by atoms with Gasteiger partial charge in [0.1, 0.15) is 33.5 Å². The van der Waals surface area contributed by atoms with Gasteiger partial charge in [-0.1, -0.05) is 29.3 Å². The SMILES string of the molecule is Cc1ncsc1-c1cc(O)c([C@H](C)NC(=O)[Si]2C[C@@H](O)CN2C(=O)[C@@]([Si])(C(C)C)n2cc(OCC3CC(N4CCCN(c5nccc(-c6noc([C@@]7(C)CCCc8sc(N)c(C#N)c87)n6)n5)[C@@H](C)C4)C3)nn2)cc1F. The molecule has 4 aliphatic rings. The first kappa shape index (κ1) is 52.3. The van der Waals surface area contributed by atoms with Gasteiger partial charge in [0, 0.05) is 66.0 Å². The number of nitrogen functional groups attached to an aromatic ring is 1. The molecule has 5 aromatic heterocycles. The summed E-state index contributed by atoms with van der Waals surface area (Å²) in [5.74, 6) is 0.353. The van der Waals surface area contributed by atoms with Crippen molar-refractivity contribution in [3.63, 3.8) is 0 Å². The van der Waals surface area contributed by atoms with Gasteiger partial charge in [-0.15, -0.1) is 22.7 Å². The van der Waals surface area contributed by atoms with Gasteiger partial charge in [-0.25, -0.2) is 24.0 Å². The maximum absolute atomic E-state index is 15.4. The first-order valence-electron chi connectivity index (χ1n) is 25.3. The summed E-state index contributed by atoms with van der Waals surface area (Å²) < 4.78 is 30.3. The van der Waals surface area contributed by atoms with E-state index in [9.17, 15) is 25.1 Å². The number of carbonyl (C=O) groups is 2. The lowest BCUT2D eigenvalue weighted by atomic mass is 9.72. The lowest BCUT2D eigenvalue weighted by molar-refractivity contribution is -0.134. The Morgan fingerprint density at radius 1 is 1.19 bits per heavy atom. The van der Waals surface area contributed by atoms with Crippen molar-refractivity contribution in [2.45, 2.75) is 121 Å². The van der Waals surface area contributed by atoms with Crippen molar-refractivity contribution >= 4 is 64.3 Å². The molecule has 5 atom stereocenters. The number of nitriles is 1. The van der Waals surface area contributed by atoms with Gasteiger partial charge in [-0.2, -0.15) is 10.2 Å². The Labute approximate surface area is 446 Å². The number of nitrogens with two attached hydrogens (primary N) is 1. The van der Waals surface area contributed by atoms with E-state index in [1.165, 1.54) is 44.1 Å². The Hall–Kier alpha value is -6.18. The highest BCUT2D eigenvalue weighted by atomic mass is 32.1. The van der Waals surface area contributed by atoms with Gasteiger partial charge in [-0.05, 0) is 102 Å². The van der Waals surface area contributed by atoms with E-state index in [1.807, 2.05) is 20.8 Å². The molecule has 7 heterocycles. The fourth-order valence-corrected chi connectivity index (χ4v) is 15.9. The first-order valence-corrected chi connectivity index (χ1v) is 29.1. The standard InChI is InChI=1S/C50H59FN14O6S2Si2/c1-26(2)50(74,46(68)64-21-32(66)24-75(64)48(69)56-28(4)33-17-36(51)34(18-38(33)67)42-29(5)55-25-72-42)65-22-40(59-61-65)70-23-30-15-31(16-30)62-13-8-14-63(27(3)20-62)47-54-12-10-37(57-47)44-58-45(71-60-44)49(6)11-7-9-39-41(49)35(19-52)43(53)73-39/h10,12,17-18,22,25-28,30-32,66-67H,7-9,11,13-16,20-21,23-24,53H2,1-6H3,(H,56,69)/t27-,28-,30?,31?,32-,49-,50-/m0/s1. The average Bonchev–Trinajstić information content (AvgIpc) is 4.23. The number of aromatic nitrogens is 8. The molecule has 10 rings (SSSR count). The van der Waals surface area contributed by atoms with Gasteiger partial charge in [-0.3, -0.25) is 14.5 Å². The third-order valence-electron chi connectivity index (χ3n) is 15.4. The van der Waals surface area contributed by atoms with Gasteiger partial charge in [0.25, 0.3) is 14.8 Å². The number of amides is 2. The summed E-state index contributed by atoms with van der Waals surface area (Å²) in [5, 5.41) is 46.6. The van der Waals surface area contributed by atoms with Crippen molar-refractivity contribution in [3.05, 3.63) is 75.1 Å². The molecule has 75 heavy (non-hydrogen) atoms. The van der Waals surface area contributed by atoms with E-state index in [4.69, 9.17) is 25.0 Å². The van der Waals surface area contributed by atoms with Crippen LogP contribution in [0.25, 0.3) is 22.0 Å². The van der Waals surface area contributed by atoms with Crippen molar-refractivity contribution < 1.29 is 33.5 Å². The molecule has 5 N–H and O–H groups in total. The number of aliphatic hydroxyl groups excluding tert-OH is 1. The van der Waals surface area contributed by atoms with E-state index in [0.29, 0.717) is 57.1 Å². The van der Waals surface area contributed by atoms with E-state index < -0.39 is 48.9 Å². The zero-order valence-electron chi connectivity index (χ0n) is 42.6. The second-order valence-electron chi connectivity index (χ2n) is 20.8. The smallest absolute Gasteiger partial charge is 0.286 e. The molecule has 0 bridgehead atoms. The van der Waals surface area contributed by atoms with Gasteiger partial charge < -0.3 is 40.0 Å². The van der Waals surface area contributed by atoms with Crippen LogP contribution in [0, 0.1) is 35.9 Å². The number of β-amino-alcohol motifs (C(OH)–C–C–N with tert-alkyl or cyclic N) is 1. The van der Waals surface area contributed by atoms with Crippen molar-refractivity contribution in [1.82, 2.24) is 54.9 Å². The van der Waals surface area contributed by atoms with Gasteiger partial charge in [0.05, 0.1) is 62.3 Å². The number of phenolic OH excluding ortho intramolecular Hbond substituents is 1. The molecule has 2 aliphatic heterocycles. The first-order chi connectivity index (χ1) is 35.9. The van der Waals surface area contributed by atoms with Crippen LogP contribution in [0.4, 0.5) is 20.1 Å². The van der Waals surface area contributed by atoms with Crippen molar-refractivity contribution in [3.8, 4) is 39.7 Å². The number of aromatic hydroxyl groups is 1. The predicted octanol–water partition coefficient (Wildman–Crippen LogP) is 6.04. The number of phenols is 1. The minimum atomic E-state index is -2.40. The number of benzene rings is 1. The molecular weight excluding hydrogens is 1030 g/mol. The van der Waals surface area contributed by atoms with Crippen LogP contribution in [0.1, 0.15) is 106 Å². The second kappa shape index (κ2) is 20.7. The lowest BCUT2D eigenvalue weighted by Crippen LogP contribution is -2.59. The molecule has 25 heteroatoms. The molecule has 4 radical (unpaired) electrons. The number of nitrogens with one attached hydrogen (secondary N) is 1. The number of halogens is 1. The molecule has 2 saturated heterocycles. The summed E-state index contributed by atoms with van der Waals surface area (Å²) in [6.45, 7) is 14.2. The zero-order valence-corrected chi connectivity index (χ0v) is 46.2. The number of carbonyl (C=O) groups excluding carboxylic acids is 2. The van der Waals surface area contributed by atoms with Crippen molar-refractivity contribution in [1.29, 1.82) is 5.26 Å². The maximum Gasteiger partial charge on any atom is 0.286 e. The summed E-state index contributed by atoms with van der Waals surface area (Å²) in [4.78, 5) is 53.7. The minimum Gasteiger partial charge on any atom is -0.508 e. The van der Waals surface area contributed by atoms with Crippen molar-refractivity contribution in [2.75, 3.05) is 43.4 Å². The molecular formula is C50H59FN14O6S2Si2. The van der Waals surface area contributed by atoms with E-state index >= 15 is 4.39 Å². The summed E-state index contributed by atoms with van der Waals surface area (Å²) in [7, 11) is 1.38. The number of hydrogen-bond acceptors (Lipinski definition) is 19. The topological polar surface area (TPSA) is 264 Å². The van der Waals surface area contributed by atoms with Gasteiger partial charge in [0.2, 0.25) is 29.1 Å². The van der Waals surface area contributed by atoms with Crippen LogP contribution in [0.2, 0.25) is 6.04 Å². The van der Waals surface area contributed by atoms with Gasteiger partial charge >= 0.3 is 0 Å². The minimum absolute atomic E-state index is 0.0601. The molecule has 1 saturated carbocycles. The monoisotopic (exact) mass is 1090 g/mol. The van der Waals surface area contributed by atoms with E-state index in [0.717, 1.165) is 68.6 Å². The molecule has 2 amide bonds. The van der Waals surface area contributed by atoms with E-state index in [2.05, 4.69) is 63.8 Å². The number of thiophene rings is 1. The Morgan fingerprint density at radius 3 is 2.73 bits per heavy atom. The highest BCUT2D eigenvalue weighted by Crippen LogP contribution is 2.49. The Kier molecular flexibility index (Phi) is 14.5. The number of fused-ring (bicyclic) bond motifs is 1. The Balaban J connectivity index is 0.731. The van der Waals surface area contributed by atoms with E-state index in [1.54, 1.807) is 37.8 Å². The third kappa shape index (κ3) is 9.73. The fraction of sp³-hybridized carbons (Fsp3) is 0.520. The van der Waals surface area contributed by atoms with Crippen LogP contribution >= 0.6 is 22.7 Å². The number of aliphatic hydroxyl groups is 1. The van der Waals surface area contributed by atoms with Crippen LogP contribution in [-0.4, -0.2) is 141 Å². The number of nitrogens with zero attached hydrogens (tertiary/aromatic N) is 12. The fourth-order valence-electron chi connectivity index (χ4n) is 11.1. The number of thiazole rings is 1. The molecule has 6 aromatic rings. The summed E-state index contributed by atoms with van der Waals surface area (Å²) in [6, 6.07) is 6.40. The highest BCUT2D eigenvalue weighted by Gasteiger charge is 2.51. The second-order valence-corrected chi connectivity index (χ2v) is 25.8. The third-order valence-corrected chi connectivity index (χ3v) is 21.0. The quantitative estimate of drug-likeness (QED) is 0.0907. The zero-order chi connectivity index (χ0) is 53.1. The molecule has 0 spiro atoms. The number of ether oxygens (including phenoxy) is 1. The predicted molar refractivity (Wildman–Crippen MR) is 281 cm³/mol. The van der Waals surface area contributed by atoms with E-state index in [-0.39, 0.29) is 53.2 Å². The number of anilines is 2. The Bertz CT molecular complexity index is 3160. The molecule has 3 fully saturated rings. The molecule has 20 nitrogen and oxygen atoms in total. The van der Waals surface area contributed by atoms with Crippen LogP contribution in [-0.2, 0) is 21.8 Å². The normalized spacial score (nSPS) is 23.5. The number of aryl methyl sites for hydroxylation is 2. The van der Waals surface area contributed by atoms with Crippen LogP contribution < -0.4 is 20.7 Å². The molecule has 392 valence electrons. The van der Waals surface area contributed by atoms with Crippen molar-refractivity contribution in [2.24, 2.45) is 11.8 Å². The molecule has 1 aromatic carbocycles. The van der Waals surface area contributed by atoms with Crippen LogP contribution in [0.5, 0.6) is 11.6 Å². The molecule has 2 aliphatic carbocycles. The summed E-state index contributed by atoms with van der Waals surface area (Å²) >= 11 is 2.73. The summed E-state index contributed by atoms with van der Waals surface area (Å²) in [6.07, 6.45) is 7.74. The maximum atomic E-state index is 15.4. The number of rotatable bonds is 14. The number of hydrogen-bond donors (Lipinski definition) is 4. The largest absolute Gasteiger partial charge is 0.508 e.